The normalized spacial score (nSPS) is 11.8. The van der Waals surface area contributed by atoms with E-state index in [1.807, 2.05) is 19.1 Å². The molecule has 0 aliphatic carbocycles. The van der Waals surface area contributed by atoms with Gasteiger partial charge in [0.25, 0.3) is 0 Å². The lowest BCUT2D eigenvalue weighted by molar-refractivity contribution is 0.407. The molecule has 1 atom stereocenters. The highest BCUT2D eigenvalue weighted by Crippen LogP contribution is 2.24. The molecule has 0 aliphatic rings. The Labute approximate surface area is 77.7 Å². The Balaban J connectivity index is 3.17. The van der Waals surface area contributed by atoms with Gasteiger partial charge in [0.05, 0.1) is 18.7 Å². The molecular weight excluding hydrogens is 164 g/mol. The van der Waals surface area contributed by atoms with E-state index < -0.39 is 0 Å². The molecule has 0 heterocycles. The minimum atomic E-state index is -0.0808. The van der Waals surface area contributed by atoms with Crippen LogP contribution in [0.1, 0.15) is 24.1 Å². The van der Waals surface area contributed by atoms with E-state index in [1.54, 1.807) is 19.2 Å². The van der Waals surface area contributed by atoms with Crippen molar-refractivity contribution in [1.82, 2.24) is 0 Å². The van der Waals surface area contributed by atoms with Crippen LogP contribution in [0.25, 0.3) is 0 Å². The highest BCUT2D eigenvalue weighted by atomic mass is 16.5. The van der Waals surface area contributed by atoms with Gasteiger partial charge in [-0.25, -0.2) is 0 Å². The number of rotatable bonds is 2. The Morgan fingerprint density at radius 2 is 2.23 bits per heavy atom. The van der Waals surface area contributed by atoms with Crippen LogP contribution < -0.4 is 10.5 Å². The summed E-state index contributed by atoms with van der Waals surface area (Å²) in [4.78, 5) is 0. The summed E-state index contributed by atoms with van der Waals surface area (Å²) in [7, 11) is 1.57. The van der Waals surface area contributed by atoms with E-state index >= 15 is 0 Å². The van der Waals surface area contributed by atoms with Crippen molar-refractivity contribution in [3.63, 3.8) is 0 Å². The number of hydrogen-bond acceptors (Lipinski definition) is 3. The molecule has 0 amide bonds. The van der Waals surface area contributed by atoms with Crippen molar-refractivity contribution in [1.29, 1.82) is 5.26 Å². The molecule has 0 saturated heterocycles. The molecule has 2 N–H and O–H groups in total. The first-order valence-corrected chi connectivity index (χ1v) is 4.02. The highest BCUT2D eigenvalue weighted by molar-refractivity contribution is 5.43. The summed E-state index contributed by atoms with van der Waals surface area (Å²) in [5.74, 6) is 0.675. The Morgan fingerprint density at radius 3 is 2.69 bits per heavy atom. The number of ether oxygens (including phenoxy) is 1. The quantitative estimate of drug-likeness (QED) is 0.744. The highest BCUT2D eigenvalue weighted by Gasteiger charge is 2.07. The van der Waals surface area contributed by atoms with E-state index in [1.165, 1.54) is 0 Å². The molecule has 1 rings (SSSR count). The molecule has 68 valence electrons. The zero-order chi connectivity index (χ0) is 9.84. The molecule has 1 aromatic rings. The van der Waals surface area contributed by atoms with Gasteiger partial charge in [-0.1, -0.05) is 6.07 Å². The monoisotopic (exact) mass is 176 g/mol. The van der Waals surface area contributed by atoms with E-state index in [-0.39, 0.29) is 6.04 Å². The van der Waals surface area contributed by atoms with Crippen molar-refractivity contribution in [2.45, 2.75) is 13.0 Å². The Bertz CT molecular complexity index is 339. The maximum absolute atomic E-state index is 8.65. The van der Waals surface area contributed by atoms with E-state index in [4.69, 9.17) is 15.7 Å². The van der Waals surface area contributed by atoms with E-state index in [9.17, 15) is 0 Å². The molecule has 1 aromatic carbocycles. The van der Waals surface area contributed by atoms with Crippen LogP contribution in [-0.2, 0) is 0 Å². The summed E-state index contributed by atoms with van der Waals surface area (Å²) >= 11 is 0. The topological polar surface area (TPSA) is 59.0 Å². The SMILES string of the molecule is COc1cc(C#N)ccc1[C@@H](C)N. The van der Waals surface area contributed by atoms with Gasteiger partial charge in [-0.05, 0) is 19.1 Å². The lowest BCUT2D eigenvalue weighted by atomic mass is 10.1. The lowest BCUT2D eigenvalue weighted by Crippen LogP contribution is -2.06. The van der Waals surface area contributed by atoms with E-state index in [0.29, 0.717) is 11.3 Å². The number of methoxy groups -OCH3 is 1. The number of nitrogens with zero attached hydrogens (tertiary/aromatic N) is 1. The van der Waals surface area contributed by atoms with Crippen molar-refractivity contribution < 1.29 is 4.74 Å². The zero-order valence-electron chi connectivity index (χ0n) is 7.74. The predicted octanol–water partition coefficient (Wildman–Crippen LogP) is 1.59. The molecular formula is C10H12N2O. The van der Waals surface area contributed by atoms with E-state index in [2.05, 4.69) is 0 Å². The summed E-state index contributed by atoms with van der Waals surface area (Å²) in [6.45, 7) is 1.88. The van der Waals surface area contributed by atoms with Crippen molar-refractivity contribution in [3.05, 3.63) is 29.3 Å². The molecule has 13 heavy (non-hydrogen) atoms. The fourth-order valence-electron chi connectivity index (χ4n) is 1.16. The first-order valence-electron chi connectivity index (χ1n) is 4.02. The Kier molecular flexibility index (Phi) is 2.88. The van der Waals surface area contributed by atoms with Crippen LogP contribution >= 0.6 is 0 Å². The molecule has 0 aromatic heterocycles. The smallest absolute Gasteiger partial charge is 0.124 e. The predicted molar refractivity (Wildman–Crippen MR) is 50.3 cm³/mol. The Hall–Kier alpha value is -1.53. The summed E-state index contributed by atoms with van der Waals surface area (Å²) in [5.41, 5.74) is 7.22. The molecule has 0 aliphatic heterocycles. The molecule has 3 heteroatoms. The van der Waals surface area contributed by atoms with Crippen LogP contribution in [0.4, 0.5) is 0 Å². The number of nitrogens with two attached hydrogens (primary N) is 1. The zero-order valence-corrected chi connectivity index (χ0v) is 7.74. The fourth-order valence-corrected chi connectivity index (χ4v) is 1.16. The lowest BCUT2D eigenvalue weighted by Gasteiger charge is -2.11. The van der Waals surface area contributed by atoms with Crippen molar-refractivity contribution in [2.75, 3.05) is 7.11 Å². The largest absolute Gasteiger partial charge is 0.496 e. The fraction of sp³-hybridized carbons (Fsp3) is 0.300. The van der Waals surface area contributed by atoms with Crippen LogP contribution in [0.3, 0.4) is 0 Å². The van der Waals surface area contributed by atoms with Gasteiger partial charge in [-0.2, -0.15) is 5.26 Å². The van der Waals surface area contributed by atoms with Gasteiger partial charge in [0.15, 0.2) is 0 Å². The van der Waals surface area contributed by atoms with Crippen molar-refractivity contribution in [2.24, 2.45) is 5.73 Å². The minimum absolute atomic E-state index is 0.0808. The van der Waals surface area contributed by atoms with Gasteiger partial charge in [0.1, 0.15) is 5.75 Å². The summed E-state index contributed by atoms with van der Waals surface area (Å²) in [5, 5.41) is 8.65. The standard InChI is InChI=1S/C10H12N2O/c1-7(12)9-4-3-8(6-11)5-10(9)13-2/h3-5,7H,12H2,1-2H3/t7-/m1/s1. The van der Waals surface area contributed by atoms with Crippen molar-refractivity contribution in [3.8, 4) is 11.8 Å². The maximum atomic E-state index is 8.65. The second kappa shape index (κ2) is 3.92. The van der Waals surface area contributed by atoms with Crippen LogP contribution in [0.5, 0.6) is 5.75 Å². The molecule has 0 fully saturated rings. The van der Waals surface area contributed by atoms with Crippen molar-refractivity contribution >= 4 is 0 Å². The maximum Gasteiger partial charge on any atom is 0.124 e. The third-order valence-corrected chi connectivity index (χ3v) is 1.85. The molecule has 3 nitrogen and oxygen atoms in total. The van der Waals surface area contributed by atoms with Gasteiger partial charge >= 0.3 is 0 Å². The van der Waals surface area contributed by atoms with Crippen LogP contribution in [0, 0.1) is 11.3 Å². The van der Waals surface area contributed by atoms with Gasteiger partial charge in [0.2, 0.25) is 0 Å². The average molecular weight is 176 g/mol. The number of benzene rings is 1. The summed E-state index contributed by atoms with van der Waals surface area (Å²) < 4.78 is 5.12. The molecule has 0 unspecified atom stereocenters. The average Bonchev–Trinajstić information content (AvgIpc) is 2.16. The van der Waals surface area contributed by atoms with E-state index in [0.717, 1.165) is 5.56 Å². The summed E-state index contributed by atoms with van der Waals surface area (Å²) in [6, 6.07) is 7.22. The molecule has 0 spiro atoms. The third-order valence-electron chi connectivity index (χ3n) is 1.85. The number of nitriles is 1. The molecule has 0 radical (unpaired) electrons. The van der Waals surface area contributed by atoms with Crippen LogP contribution in [-0.4, -0.2) is 7.11 Å². The Morgan fingerprint density at radius 1 is 1.54 bits per heavy atom. The van der Waals surface area contributed by atoms with Crippen LogP contribution in [0.15, 0.2) is 18.2 Å². The van der Waals surface area contributed by atoms with Gasteiger partial charge in [0, 0.05) is 11.6 Å². The minimum Gasteiger partial charge on any atom is -0.496 e. The number of hydrogen-bond donors (Lipinski definition) is 1. The van der Waals surface area contributed by atoms with Crippen LogP contribution in [0.2, 0.25) is 0 Å². The first kappa shape index (κ1) is 9.56. The van der Waals surface area contributed by atoms with Gasteiger partial charge < -0.3 is 10.5 Å². The first-order chi connectivity index (χ1) is 6.19. The third kappa shape index (κ3) is 1.98. The molecule has 0 bridgehead atoms. The van der Waals surface area contributed by atoms with Gasteiger partial charge in [-0.3, -0.25) is 0 Å². The second-order valence-electron chi connectivity index (χ2n) is 2.86. The van der Waals surface area contributed by atoms with Gasteiger partial charge in [-0.15, -0.1) is 0 Å². The molecule has 0 saturated carbocycles. The summed E-state index contributed by atoms with van der Waals surface area (Å²) in [6.07, 6.45) is 0. The second-order valence-corrected chi connectivity index (χ2v) is 2.86.